The van der Waals surface area contributed by atoms with E-state index in [1.54, 1.807) is 32.2 Å². The van der Waals surface area contributed by atoms with Gasteiger partial charge in [-0.3, -0.25) is 4.18 Å². The Morgan fingerprint density at radius 1 is 0.433 bits per heavy atom. The molecule has 6 aromatic rings. The second-order valence-corrected chi connectivity index (χ2v) is 18.1. The quantitative estimate of drug-likeness (QED) is 0.0571. The third kappa shape index (κ3) is 13.3. The zero-order chi connectivity index (χ0) is 46.3. The molecule has 0 aromatic heterocycles. The van der Waals surface area contributed by atoms with Crippen LogP contribution in [0.15, 0.2) is 181 Å². The lowest BCUT2D eigenvalue weighted by Crippen LogP contribution is -2.62. The monoisotopic (exact) mass is 930 g/mol. The van der Waals surface area contributed by atoms with Crippen LogP contribution in [0.3, 0.4) is 0 Å². The summed E-state index contributed by atoms with van der Waals surface area (Å²) in [4.78, 5) is 0.0600. The summed E-state index contributed by atoms with van der Waals surface area (Å²) in [7, 11) is -2.65. The van der Waals surface area contributed by atoms with E-state index in [4.69, 9.17) is 46.8 Å². The van der Waals surface area contributed by atoms with Gasteiger partial charge in [0, 0.05) is 7.11 Å². The number of benzene rings is 6. The van der Waals surface area contributed by atoms with Crippen LogP contribution in [-0.4, -0.2) is 84.0 Å². The van der Waals surface area contributed by atoms with E-state index in [0.717, 1.165) is 27.8 Å². The predicted octanol–water partition coefficient (Wildman–Crippen LogP) is 8.74. The van der Waals surface area contributed by atoms with Gasteiger partial charge in [-0.05, 0) is 46.4 Å². The van der Waals surface area contributed by atoms with Crippen molar-refractivity contribution >= 4 is 10.1 Å². The van der Waals surface area contributed by atoms with E-state index in [1.807, 2.05) is 152 Å². The van der Waals surface area contributed by atoms with Gasteiger partial charge in [0.25, 0.3) is 10.1 Å². The maximum Gasteiger partial charge on any atom is 0.297 e. The molecule has 0 amide bonds. The number of methoxy groups -OCH3 is 1. The molecule has 0 N–H and O–H groups in total. The molecule has 12 nitrogen and oxygen atoms in total. The second kappa shape index (κ2) is 24.2. The average molecular weight is 931 g/mol. The van der Waals surface area contributed by atoms with Gasteiger partial charge in [0.15, 0.2) is 12.6 Å². The zero-order valence-corrected chi connectivity index (χ0v) is 38.5. The first-order chi connectivity index (χ1) is 32.8. The maximum absolute atomic E-state index is 13.8. The fraction of sp³-hybridized carbons (Fsp3) is 0.333. The maximum atomic E-state index is 13.8. The Labute approximate surface area is 393 Å². The van der Waals surface area contributed by atoms with E-state index >= 15 is 0 Å². The van der Waals surface area contributed by atoms with Crippen LogP contribution < -0.4 is 0 Å². The molecule has 6 aromatic carbocycles. The predicted molar refractivity (Wildman–Crippen MR) is 250 cm³/mol. The smallest absolute Gasteiger partial charge is 0.297 e. The number of aryl methyl sites for hydroxylation is 1. The van der Waals surface area contributed by atoms with Crippen molar-refractivity contribution in [3.05, 3.63) is 209 Å². The molecule has 2 aliphatic rings. The largest absolute Gasteiger partial charge is 0.374 e. The fourth-order valence-electron chi connectivity index (χ4n) is 8.19. The van der Waals surface area contributed by atoms with E-state index in [1.165, 1.54) is 6.07 Å². The van der Waals surface area contributed by atoms with Crippen molar-refractivity contribution < 1.29 is 55.2 Å². The molecule has 2 heterocycles. The second-order valence-electron chi connectivity index (χ2n) is 16.5. The summed E-state index contributed by atoms with van der Waals surface area (Å²) in [5.41, 5.74) is 5.21. The lowest BCUT2D eigenvalue weighted by Gasteiger charge is -2.46. The van der Waals surface area contributed by atoms with E-state index in [0.29, 0.717) is 12.2 Å². The van der Waals surface area contributed by atoms with Crippen molar-refractivity contribution in [3.8, 4) is 0 Å². The fourth-order valence-corrected chi connectivity index (χ4v) is 9.34. The van der Waals surface area contributed by atoms with Crippen molar-refractivity contribution in [2.75, 3.05) is 20.3 Å². The van der Waals surface area contributed by atoms with Crippen molar-refractivity contribution in [3.63, 3.8) is 0 Å². The van der Waals surface area contributed by atoms with Crippen LogP contribution in [-0.2, 0) is 90.0 Å². The third-order valence-electron chi connectivity index (χ3n) is 11.7. The minimum atomic E-state index is -4.22. The molecule has 0 spiro atoms. The topological polar surface area (TPSA) is 126 Å². The summed E-state index contributed by atoms with van der Waals surface area (Å²) < 4.78 is 93.5. The molecule has 2 saturated heterocycles. The molecule has 0 bridgehead atoms. The van der Waals surface area contributed by atoms with E-state index in [-0.39, 0.29) is 37.9 Å². The summed E-state index contributed by atoms with van der Waals surface area (Å²) in [6, 6.07) is 55.6. The Balaban J connectivity index is 1.15. The molecule has 2 fully saturated rings. The molecule has 9 atom stereocenters. The molecule has 0 unspecified atom stereocenters. The van der Waals surface area contributed by atoms with Gasteiger partial charge in [0.2, 0.25) is 0 Å². The molecule has 0 saturated carbocycles. The van der Waals surface area contributed by atoms with Crippen LogP contribution in [0.25, 0.3) is 0 Å². The van der Waals surface area contributed by atoms with Crippen molar-refractivity contribution in [2.24, 2.45) is 0 Å². The minimum Gasteiger partial charge on any atom is -0.374 e. The van der Waals surface area contributed by atoms with Gasteiger partial charge in [0.1, 0.15) is 42.7 Å². The van der Waals surface area contributed by atoms with E-state index in [9.17, 15) is 8.42 Å². The van der Waals surface area contributed by atoms with E-state index in [2.05, 4.69) is 0 Å². The van der Waals surface area contributed by atoms with Crippen molar-refractivity contribution in [1.29, 1.82) is 0 Å². The minimum absolute atomic E-state index is 0.0600. The highest BCUT2D eigenvalue weighted by atomic mass is 32.2. The van der Waals surface area contributed by atoms with Crippen LogP contribution in [0, 0.1) is 6.92 Å². The molecule has 67 heavy (non-hydrogen) atoms. The van der Waals surface area contributed by atoms with Crippen LogP contribution in [0.2, 0.25) is 0 Å². The summed E-state index contributed by atoms with van der Waals surface area (Å²) in [6.07, 6.45) is -8.17. The van der Waals surface area contributed by atoms with Gasteiger partial charge < -0.3 is 42.6 Å². The first-order valence-corrected chi connectivity index (χ1v) is 23.9. The Bertz CT molecular complexity index is 2470. The van der Waals surface area contributed by atoms with Gasteiger partial charge in [-0.15, -0.1) is 0 Å². The molecule has 8 rings (SSSR count). The Hall–Kier alpha value is -5.13. The highest BCUT2D eigenvalue weighted by molar-refractivity contribution is 7.86. The van der Waals surface area contributed by atoms with Gasteiger partial charge in [-0.2, -0.15) is 8.42 Å². The standard InChI is InChI=1S/C54H58O12S/c1-39-20-18-19-31-47(39)67(55,56)63-38-46-48(59-33-41-23-10-4-11-24-41)51(61-35-43-27-14-6-15-28-43)54(65-46)66-49-45(37-58-32-40-21-8-3-9-22-40)64-53(57-2)52(62-36-44-29-16-7-17-30-44)50(49)60-34-42-25-12-5-13-26-42/h3-31,45-46,48-54H,32-38H2,1-2H3/t45-,46-,48+,49-,50+,51-,52+,53+,54-/m1/s1. The Morgan fingerprint density at radius 3 is 1.30 bits per heavy atom. The molecule has 352 valence electrons. The molecule has 13 heteroatoms. The molecule has 0 aliphatic carbocycles. The summed E-state index contributed by atoms with van der Waals surface area (Å²) >= 11 is 0. The SMILES string of the molecule is CO[C@H]1O[C@H](COCc2ccccc2)[C@@H](O[C@H]2O[C@H](COS(=O)(=O)c3ccccc3C)[C@H](OCc3ccccc3)[C@H]2OCc2ccccc2)[C@H](OCc2ccccc2)[C@@H]1OCc1ccccc1. The van der Waals surface area contributed by atoms with Crippen LogP contribution in [0.4, 0.5) is 0 Å². The molecule has 2 aliphatic heterocycles. The number of hydrogen-bond acceptors (Lipinski definition) is 12. The molecular weight excluding hydrogens is 873 g/mol. The van der Waals surface area contributed by atoms with Crippen molar-refractivity contribution in [1.82, 2.24) is 0 Å². The van der Waals surface area contributed by atoms with Crippen LogP contribution >= 0.6 is 0 Å². The summed E-state index contributed by atoms with van der Waals surface area (Å²) in [6.45, 7) is 2.49. The number of hydrogen-bond donors (Lipinski definition) is 0. The van der Waals surface area contributed by atoms with Crippen molar-refractivity contribution in [2.45, 2.75) is 100 Å². The average Bonchev–Trinajstić information content (AvgIpc) is 3.70. The van der Waals surface area contributed by atoms with Crippen LogP contribution in [0.5, 0.6) is 0 Å². The van der Waals surface area contributed by atoms with Gasteiger partial charge >= 0.3 is 0 Å². The first kappa shape index (κ1) is 48.3. The Morgan fingerprint density at radius 2 is 0.821 bits per heavy atom. The van der Waals surface area contributed by atoms with Crippen LogP contribution in [0.1, 0.15) is 33.4 Å². The van der Waals surface area contributed by atoms with Gasteiger partial charge in [-0.1, -0.05) is 170 Å². The highest BCUT2D eigenvalue weighted by Gasteiger charge is 2.54. The Kier molecular flexibility index (Phi) is 17.5. The number of rotatable bonds is 23. The molecular formula is C54H58O12S. The third-order valence-corrected chi connectivity index (χ3v) is 13.1. The summed E-state index contributed by atoms with van der Waals surface area (Å²) in [5.74, 6) is 0. The lowest BCUT2D eigenvalue weighted by atomic mass is 9.97. The highest BCUT2D eigenvalue weighted by Crippen LogP contribution is 2.37. The normalized spacial score (nSPS) is 24.1. The lowest BCUT2D eigenvalue weighted by molar-refractivity contribution is -0.343. The zero-order valence-electron chi connectivity index (χ0n) is 37.7. The summed E-state index contributed by atoms with van der Waals surface area (Å²) in [5, 5.41) is 0. The molecule has 0 radical (unpaired) electrons. The first-order valence-electron chi connectivity index (χ1n) is 22.5. The van der Waals surface area contributed by atoms with Gasteiger partial charge in [0.05, 0.1) is 51.1 Å². The number of ether oxygens (including phenoxy) is 9. The van der Waals surface area contributed by atoms with Gasteiger partial charge in [-0.25, -0.2) is 0 Å². The van der Waals surface area contributed by atoms with E-state index < -0.39 is 72.0 Å².